The maximum absolute atomic E-state index is 12.6. The molecule has 0 atom stereocenters. The van der Waals surface area contributed by atoms with Crippen LogP contribution in [-0.4, -0.2) is 15.9 Å². The van der Waals surface area contributed by atoms with Crippen molar-refractivity contribution < 1.29 is 9.90 Å². The van der Waals surface area contributed by atoms with E-state index in [9.17, 15) is 9.90 Å². The summed E-state index contributed by atoms with van der Waals surface area (Å²) in [5.41, 5.74) is 2.29. The minimum atomic E-state index is -0.104. The summed E-state index contributed by atoms with van der Waals surface area (Å²) < 4.78 is 0. The van der Waals surface area contributed by atoms with Gasteiger partial charge in [-0.1, -0.05) is 76.0 Å². The third-order valence-electron chi connectivity index (χ3n) is 5.43. The summed E-state index contributed by atoms with van der Waals surface area (Å²) in [6, 6.07) is 1.94. The molecule has 1 aromatic rings. The van der Waals surface area contributed by atoms with E-state index in [4.69, 9.17) is 0 Å². The number of rotatable bonds is 18. The van der Waals surface area contributed by atoms with Crippen molar-refractivity contribution in [2.45, 2.75) is 104 Å². The van der Waals surface area contributed by atoms with Gasteiger partial charge >= 0.3 is 0 Å². The summed E-state index contributed by atoms with van der Waals surface area (Å²) in [7, 11) is 0. The van der Waals surface area contributed by atoms with Gasteiger partial charge in [0.1, 0.15) is 5.69 Å². The minimum Gasteiger partial charge on any atom is -0.392 e. The SMILES string of the molecule is CCC=CCC=CCC=CCCCCCCCC(=O)c1nccc(CCCC)c1CO. The van der Waals surface area contributed by atoms with Crippen LogP contribution >= 0.6 is 0 Å². The number of ketones is 1. The highest BCUT2D eigenvalue weighted by Crippen LogP contribution is 2.18. The van der Waals surface area contributed by atoms with E-state index in [1.165, 1.54) is 19.3 Å². The van der Waals surface area contributed by atoms with E-state index < -0.39 is 0 Å². The Morgan fingerprint density at radius 1 is 0.903 bits per heavy atom. The molecular formula is C28H43NO2. The van der Waals surface area contributed by atoms with Crippen LogP contribution in [0.15, 0.2) is 48.7 Å². The number of aliphatic hydroxyl groups is 1. The first-order chi connectivity index (χ1) is 15.2. The fraction of sp³-hybridized carbons (Fsp3) is 0.571. The summed E-state index contributed by atoms with van der Waals surface area (Å²) in [6.45, 7) is 4.20. The summed E-state index contributed by atoms with van der Waals surface area (Å²) in [5, 5.41) is 9.75. The molecule has 0 aliphatic rings. The lowest BCUT2D eigenvalue weighted by molar-refractivity contribution is 0.0970. The molecule has 1 N–H and O–H groups in total. The van der Waals surface area contributed by atoms with Crippen molar-refractivity contribution in [2.24, 2.45) is 0 Å². The van der Waals surface area contributed by atoms with E-state index in [0.717, 1.165) is 68.9 Å². The van der Waals surface area contributed by atoms with Gasteiger partial charge in [-0.3, -0.25) is 9.78 Å². The molecule has 31 heavy (non-hydrogen) atoms. The van der Waals surface area contributed by atoms with E-state index in [-0.39, 0.29) is 12.4 Å². The second-order valence-corrected chi connectivity index (χ2v) is 8.08. The molecule has 1 rings (SSSR count). The van der Waals surface area contributed by atoms with Crippen LogP contribution in [0.5, 0.6) is 0 Å². The van der Waals surface area contributed by atoms with E-state index in [1.807, 2.05) is 6.07 Å². The average molecular weight is 426 g/mol. The first kappa shape index (κ1) is 27.0. The number of unbranched alkanes of at least 4 members (excludes halogenated alkanes) is 6. The van der Waals surface area contributed by atoms with Crippen molar-refractivity contribution in [3.8, 4) is 0 Å². The van der Waals surface area contributed by atoms with Gasteiger partial charge in [0.05, 0.1) is 6.61 Å². The molecule has 172 valence electrons. The molecule has 3 nitrogen and oxygen atoms in total. The normalized spacial score (nSPS) is 12.0. The fourth-order valence-corrected chi connectivity index (χ4v) is 3.57. The topological polar surface area (TPSA) is 50.2 Å². The van der Waals surface area contributed by atoms with Gasteiger partial charge in [0.25, 0.3) is 0 Å². The highest BCUT2D eigenvalue weighted by Gasteiger charge is 2.15. The molecule has 0 saturated heterocycles. The Labute approximate surface area is 190 Å². The van der Waals surface area contributed by atoms with Gasteiger partial charge in [0.15, 0.2) is 5.78 Å². The summed E-state index contributed by atoms with van der Waals surface area (Å²) >= 11 is 0. The summed E-state index contributed by atoms with van der Waals surface area (Å²) in [5.74, 6) is 0.0728. The van der Waals surface area contributed by atoms with Gasteiger partial charge in [-0.05, 0) is 63.0 Å². The van der Waals surface area contributed by atoms with Crippen molar-refractivity contribution in [3.63, 3.8) is 0 Å². The van der Waals surface area contributed by atoms with Crippen LogP contribution in [0.2, 0.25) is 0 Å². The minimum absolute atomic E-state index is 0.0728. The van der Waals surface area contributed by atoms with Gasteiger partial charge in [-0.25, -0.2) is 0 Å². The zero-order valence-corrected chi connectivity index (χ0v) is 19.8. The number of aryl methyl sites for hydroxylation is 1. The van der Waals surface area contributed by atoms with E-state index >= 15 is 0 Å². The summed E-state index contributed by atoms with van der Waals surface area (Å²) in [4.78, 5) is 16.9. The van der Waals surface area contributed by atoms with Crippen LogP contribution in [0.25, 0.3) is 0 Å². The van der Waals surface area contributed by atoms with E-state index in [0.29, 0.717) is 12.1 Å². The zero-order chi connectivity index (χ0) is 22.6. The Bertz CT molecular complexity index is 688. The predicted octanol–water partition coefficient (Wildman–Crippen LogP) is 7.69. The molecule has 1 heterocycles. The zero-order valence-electron chi connectivity index (χ0n) is 19.8. The first-order valence-electron chi connectivity index (χ1n) is 12.3. The van der Waals surface area contributed by atoms with Crippen LogP contribution in [0, 0.1) is 0 Å². The molecule has 3 heteroatoms. The van der Waals surface area contributed by atoms with Gasteiger partial charge < -0.3 is 5.11 Å². The molecule has 0 amide bonds. The third kappa shape index (κ3) is 12.4. The molecule has 0 spiro atoms. The molecular weight excluding hydrogens is 382 g/mol. The third-order valence-corrected chi connectivity index (χ3v) is 5.43. The van der Waals surface area contributed by atoms with Gasteiger partial charge in [0.2, 0.25) is 0 Å². The van der Waals surface area contributed by atoms with Gasteiger partial charge in [-0.2, -0.15) is 0 Å². The average Bonchev–Trinajstić information content (AvgIpc) is 2.79. The molecule has 0 saturated carbocycles. The van der Waals surface area contributed by atoms with E-state index in [1.54, 1.807) is 6.20 Å². The Kier molecular flexibility index (Phi) is 16.3. The Hall–Kier alpha value is -2.00. The molecule has 0 aromatic carbocycles. The lowest BCUT2D eigenvalue weighted by Crippen LogP contribution is -2.10. The van der Waals surface area contributed by atoms with Gasteiger partial charge in [-0.15, -0.1) is 0 Å². The van der Waals surface area contributed by atoms with Crippen LogP contribution < -0.4 is 0 Å². The molecule has 0 radical (unpaired) electrons. The number of nitrogens with zero attached hydrogens (tertiary/aromatic N) is 1. The number of hydrogen-bond donors (Lipinski definition) is 1. The number of carbonyl (C=O) groups is 1. The van der Waals surface area contributed by atoms with Crippen molar-refractivity contribution in [3.05, 3.63) is 65.5 Å². The molecule has 0 aliphatic heterocycles. The van der Waals surface area contributed by atoms with Gasteiger partial charge in [0, 0.05) is 18.2 Å². The fourth-order valence-electron chi connectivity index (χ4n) is 3.57. The maximum atomic E-state index is 12.6. The van der Waals surface area contributed by atoms with Crippen LogP contribution in [0.4, 0.5) is 0 Å². The second-order valence-electron chi connectivity index (χ2n) is 8.08. The largest absolute Gasteiger partial charge is 0.392 e. The van der Waals surface area contributed by atoms with Crippen molar-refractivity contribution >= 4 is 5.78 Å². The van der Waals surface area contributed by atoms with Crippen LogP contribution in [-0.2, 0) is 13.0 Å². The molecule has 1 aromatic heterocycles. The molecule has 0 aliphatic carbocycles. The highest BCUT2D eigenvalue weighted by atomic mass is 16.3. The predicted molar refractivity (Wildman–Crippen MR) is 132 cm³/mol. The lowest BCUT2D eigenvalue weighted by atomic mass is 9.98. The standard InChI is InChI=1S/C28H43NO2/c1-3-5-7-8-9-10-11-12-13-14-15-16-17-18-19-21-27(31)28-26(24-30)25(20-6-4-2)22-23-29-28/h5,7,9-10,12-13,22-23,30H,3-4,6,8,11,14-21,24H2,1-2H3. The van der Waals surface area contributed by atoms with Crippen molar-refractivity contribution in [1.29, 1.82) is 0 Å². The van der Waals surface area contributed by atoms with Crippen LogP contribution in [0.1, 0.15) is 113 Å². The van der Waals surface area contributed by atoms with Crippen molar-refractivity contribution in [2.75, 3.05) is 0 Å². The Morgan fingerprint density at radius 3 is 2.29 bits per heavy atom. The molecule has 0 fully saturated rings. The Balaban J connectivity index is 2.17. The summed E-state index contributed by atoms with van der Waals surface area (Å²) in [6.07, 6.45) is 28.5. The maximum Gasteiger partial charge on any atom is 0.181 e. The van der Waals surface area contributed by atoms with E-state index in [2.05, 4.69) is 55.3 Å². The number of carbonyl (C=O) groups excluding carboxylic acids is 1. The number of hydrogen-bond acceptors (Lipinski definition) is 3. The molecule has 0 unspecified atom stereocenters. The number of Topliss-reactive ketones (excluding diaryl/α,β-unsaturated/α-hetero) is 1. The number of pyridine rings is 1. The quantitative estimate of drug-likeness (QED) is 0.149. The Morgan fingerprint density at radius 2 is 1.58 bits per heavy atom. The van der Waals surface area contributed by atoms with Crippen LogP contribution in [0.3, 0.4) is 0 Å². The monoisotopic (exact) mass is 425 g/mol. The number of aromatic nitrogens is 1. The second kappa shape index (κ2) is 18.7. The number of aliphatic hydroxyl groups excluding tert-OH is 1. The smallest absolute Gasteiger partial charge is 0.181 e. The lowest BCUT2D eigenvalue weighted by Gasteiger charge is -2.11. The molecule has 0 bridgehead atoms. The van der Waals surface area contributed by atoms with Crippen molar-refractivity contribution in [1.82, 2.24) is 4.98 Å². The number of allylic oxidation sites excluding steroid dienone is 6. The highest BCUT2D eigenvalue weighted by molar-refractivity contribution is 5.95. The first-order valence-corrected chi connectivity index (χ1v) is 12.3.